The molecule has 0 saturated carbocycles. The number of ether oxygens (including phenoxy) is 1. The van der Waals surface area contributed by atoms with Gasteiger partial charge in [-0.05, 0) is 35.7 Å². The Morgan fingerprint density at radius 2 is 1.95 bits per heavy atom. The molecule has 1 heterocycles. The zero-order valence-corrected chi connectivity index (χ0v) is 12.2. The molecule has 0 spiro atoms. The number of hydrogen-bond donors (Lipinski definition) is 1. The molecule has 2 nitrogen and oxygen atoms in total. The molecule has 0 radical (unpaired) electrons. The summed E-state index contributed by atoms with van der Waals surface area (Å²) in [6.45, 7) is 2.15. The van der Waals surface area contributed by atoms with Gasteiger partial charge in [0.2, 0.25) is 0 Å². The molecule has 0 saturated heterocycles. The van der Waals surface area contributed by atoms with E-state index in [1.807, 2.05) is 18.2 Å². The van der Waals surface area contributed by atoms with Crippen LogP contribution < -0.4 is 10.5 Å². The van der Waals surface area contributed by atoms with Gasteiger partial charge in [-0.15, -0.1) is 0 Å². The van der Waals surface area contributed by atoms with E-state index < -0.39 is 0 Å². The maximum Gasteiger partial charge on any atom is 0.126 e. The van der Waals surface area contributed by atoms with Crippen LogP contribution in [0.4, 0.5) is 0 Å². The molecule has 3 rings (SSSR count). The second-order valence-corrected chi connectivity index (χ2v) is 5.66. The van der Waals surface area contributed by atoms with Crippen molar-refractivity contribution in [3.8, 4) is 5.75 Å². The summed E-state index contributed by atoms with van der Waals surface area (Å²) < 4.78 is 6.08. The predicted octanol–water partition coefficient (Wildman–Crippen LogP) is 4.43. The maximum absolute atomic E-state index is 6.26. The van der Waals surface area contributed by atoms with Gasteiger partial charge in [-0.25, -0.2) is 0 Å². The Bertz CT molecular complexity index is 609. The van der Waals surface area contributed by atoms with Crippen LogP contribution in [-0.2, 0) is 6.42 Å². The predicted molar refractivity (Wildman–Crippen MR) is 82.2 cm³/mol. The highest BCUT2D eigenvalue weighted by Gasteiger charge is 2.27. The van der Waals surface area contributed by atoms with Crippen molar-refractivity contribution in [3.63, 3.8) is 0 Å². The van der Waals surface area contributed by atoms with Gasteiger partial charge >= 0.3 is 0 Å². The molecule has 2 aromatic carbocycles. The molecule has 0 aromatic heterocycles. The second-order valence-electron chi connectivity index (χ2n) is 5.23. The monoisotopic (exact) mass is 287 g/mol. The first-order chi connectivity index (χ1) is 9.67. The average molecular weight is 288 g/mol. The standard InChI is InChI=1S/C17H18ClNO/c1-2-11-3-5-12(6-4-11)17-10-15(19)14-9-13(18)7-8-16(14)20-17/h3-9,15,17H,2,10,19H2,1H3/t15-,17?/m0/s1. The highest BCUT2D eigenvalue weighted by molar-refractivity contribution is 6.30. The lowest BCUT2D eigenvalue weighted by Gasteiger charge is -2.30. The summed E-state index contributed by atoms with van der Waals surface area (Å²) in [5, 5.41) is 0.702. The van der Waals surface area contributed by atoms with Crippen LogP contribution in [0.1, 0.15) is 42.2 Å². The average Bonchev–Trinajstić information content (AvgIpc) is 2.48. The lowest BCUT2D eigenvalue weighted by atomic mass is 9.93. The quantitative estimate of drug-likeness (QED) is 0.887. The first-order valence-corrected chi connectivity index (χ1v) is 7.35. The highest BCUT2D eigenvalue weighted by Crippen LogP contribution is 2.40. The van der Waals surface area contributed by atoms with Gasteiger partial charge in [-0.1, -0.05) is 42.8 Å². The molecule has 3 heteroatoms. The number of benzene rings is 2. The Balaban J connectivity index is 1.88. The van der Waals surface area contributed by atoms with Crippen molar-refractivity contribution in [2.24, 2.45) is 5.73 Å². The molecule has 20 heavy (non-hydrogen) atoms. The topological polar surface area (TPSA) is 35.2 Å². The minimum atomic E-state index is -0.0340. The van der Waals surface area contributed by atoms with Crippen molar-refractivity contribution in [2.45, 2.75) is 31.9 Å². The van der Waals surface area contributed by atoms with Crippen molar-refractivity contribution < 1.29 is 4.74 Å². The Morgan fingerprint density at radius 3 is 2.65 bits per heavy atom. The van der Waals surface area contributed by atoms with Gasteiger partial charge in [0.05, 0.1) is 0 Å². The van der Waals surface area contributed by atoms with Gasteiger partial charge in [-0.2, -0.15) is 0 Å². The third-order valence-electron chi connectivity index (χ3n) is 3.87. The van der Waals surface area contributed by atoms with Crippen molar-refractivity contribution in [3.05, 3.63) is 64.2 Å². The number of halogens is 1. The minimum Gasteiger partial charge on any atom is -0.485 e. The molecule has 2 atom stereocenters. The highest BCUT2D eigenvalue weighted by atomic mass is 35.5. The Morgan fingerprint density at radius 1 is 1.20 bits per heavy atom. The van der Waals surface area contributed by atoms with Crippen LogP contribution in [0.3, 0.4) is 0 Å². The molecular formula is C17H18ClNO. The van der Waals surface area contributed by atoms with Crippen LogP contribution in [0.2, 0.25) is 5.02 Å². The van der Waals surface area contributed by atoms with E-state index in [9.17, 15) is 0 Å². The summed E-state index contributed by atoms with van der Waals surface area (Å²) in [4.78, 5) is 0. The van der Waals surface area contributed by atoms with Gasteiger partial charge in [0.25, 0.3) is 0 Å². The molecule has 0 aliphatic carbocycles. The van der Waals surface area contributed by atoms with Gasteiger partial charge in [-0.3, -0.25) is 0 Å². The fourth-order valence-electron chi connectivity index (χ4n) is 2.65. The third-order valence-corrected chi connectivity index (χ3v) is 4.10. The number of fused-ring (bicyclic) bond motifs is 1. The van der Waals surface area contributed by atoms with Crippen LogP contribution in [-0.4, -0.2) is 0 Å². The van der Waals surface area contributed by atoms with Crippen molar-refractivity contribution in [1.29, 1.82) is 0 Å². The molecule has 2 N–H and O–H groups in total. The third kappa shape index (κ3) is 2.54. The number of hydrogen-bond acceptors (Lipinski definition) is 2. The van der Waals surface area contributed by atoms with Crippen LogP contribution in [0.15, 0.2) is 42.5 Å². The SMILES string of the molecule is CCc1ccc(C2C[C@H](N)c3cc(Cl)ccc3O2)cc1. The molecule has 1 aliphatic rings. The number of rotatable bonds is 2. The summed E-state index contributed by atoms with van der Waals surface area (Å²) in [5.41, 5.74) is 9.77. The van der Waals surface area contributed by atoms with E-state index in [1.165, 1.54) is 11.1 Å². The lowest BCUT2D eigenvalue weighted by Crippen LogP contribution is -2.24. The molecule has 1 unspecified atom stereocenters. The Kier molecular flexibility index (Phi) is 3.68. The summed E-state index contributed by atoms with van der Waals surface area (Å²) in [6.07, 6.45) is 1.84. The zero-order valence-electron chi connectivity index (χ0n) is 11.5. The molecule has 0 amide bonds. The molecular weight excluding hydrogens is 270 g/mol. The van der Waals surface area contributed by atoms with Crippen molar-refractivity contribution in [1.82, 2.24) is 0 Å². The largest absolute Gasteiger partial charge is 0.485 e. The number of aryl methyl sites for hydroxylation is 1. The van der Waals surface area contributed by atoms with Gasteiger partial charge < -0.3 is 10.5 Å². The van der Waals surface area contributed by atoms with Crippen LogP contribution >= 0.6 is 11.6 Å². The van der Waals surface area contributed by atoms with E-state index in [4.69, 9.17) is 22.1 Å². The van der Waals surface area contributed by atoms with Crippen molar-refractivity contribution >= 4 is 11.6 Å². The van der Waals surface area contributed by atoms with E-state index >= 15 is 0 Å². The Labute approximate surface area is 124 Å². The van der Waals surface area contributed by atoms with Gasteiger partial charge in [0, 0.05) is 23.0 Å². The lowest BCUT2D eigenvalue weighted by molar-refractivity contribution is 0.161. The van der Waals surface area contributed by atoms with E-state index in [-0.39, 0.29) is 12.1 Å². The molecule has 104 valence electrons. The smallest absolute Gasteiger partial charge is 0.126 e. The summed E-state index contributed by atoms with van der Waals surface area (Å²) in [6, 6.07) is 14.2. The minimum absolute atomic E-state index is 0.0181. The van der Waals surface area contributed by atoms with E-state index in [0.717, 1.165) is 24.2 Å². The normalized spacial score (nSPS) is 21.1. The summed E-state index contributed by atoms with van der Waals surface area (Å²) in [7, 11) is 0. The summed E-state index contributed by atoms with van der Waals surface area (Å²) >= 11 is 6.02. The van der Waals surface area contributed by atoms with Gasteiger partial charge in [0.1, 0.15) is 11.9 Å². The maximum atomic E-state index is 6.26. The second kappa shape index (κ2) is 5.47. The zero-order chi connectivity index (χ0) is 14.1. The van der Waals surface area contributed by atoms with E-state index in [0.29, 0.717) is 5.02 Å². The van der Waals surface area contributed by atoms with Crippen molar-refractivity contribution in [2.75, 3.05) is 0 Å². The van der Waals surface area contributed by atoms with E-state index in [1.54, 1.807) is 0 Å². The van der Waals surface area contributed by atoms with Gasteiger partial charge in [0.15, 0.2) is 0 Å². The van der Waals surface area contributed by atoms with E-state index in [2.05, 4.69) is 31.2 Å². The first kappa shape index (κ1) is 13.5. The fourth-order valence-corrected chi connectivity index (χ4v) is 2.83. The molecule has 0 fully saturated rings. The summed E-state index contributed by atoms with van der Waals surface area (Å²) in [5.74, 6) is 0.845. The van der Waals surface area contributed by atoms with Crippen LogP contribution in [0.5, 0.6) is 5.75 Å². The number of nitrogens with two attached hydrogens (primary N) is 1. The van der Waals surface area contributed by atoms with Crippen LogP contribution in [0.25, 0.3) is 0 Å². The molecule has 0 bridgehead atoms. The van der Waals surface area contributed by atoms with Crippen LogP contribution in [0, 0.1) is 0 Å². The molecule has 1 aliphatic heterocycles. The molecule has 2 aromatic rings. The fraction of sp³-hybridized carbons (Fsp3) is 0.294. The first-order valence-electron chi connectivity index (χ1n) is 6.98. The Hall–Kier alpha value is -1.51.